The molecule has 19 heavy (non-hydrogen) atoms. The van der Waals surface area contributed by atoms with E-state index in [1.54, 1.807) is 18.2 Å². The summed E-state index contributed by atoms with van der Waals surface area (Å²) in [5.41, 5.74) is -0.402. The average Bonchev–Trinajstić information content (AvgIpc) is 2.39. The summed E-state index contributed by atoms with van der Waals surface area (Å²) < 4.78 is 19.1. The number of hydrogen-bond acceptors (Lipinski definition) is 3. The smallest absolute Gasteiger partial charge is 0.165 e. The van der Waals surface area contributed by atoms with E-state index in [0.29, 0.717) is 6.42 Å². The molecule has 0 radical (unpaired) electrons. The van der Waals surface area contributed by atoms with Crippen molar-refractivity contribution in [1.29, 1.82) is 0 Å². The molecule has 108 valence electrons. The standard InChI is InChI=1S/C15H24FNO2/c1-4-9-17-15(3,11-18)10-12(2)19-14-8-6-5-7-13(14)16/h5-8,12,17-18H,4,9-11H2,1-3H3. The lowest BCUT2D eigenvalue weighted by atomic mass is 9.95. The zero-order valence-corrected chi connectivity index (χ0v) is 11.9. The molecule has 1 aromatic carbocycles. The number of benzene rings is 1. The van der Waals surface area contributed by atoms with E-state index in [-0.39, 0.29) is 24.3 Å². The highest BCUT2D eigenvalue weighted by atomic mass is 19.1. The van der Waals surface area contributed by atoms with Crippen LogP contribution in [0.4, 0.5) is 4.39 Å². The van der Waals surface area contributed by atoms with Gasteiger partial charge in [0.1, 0.15) is 0 Å². The van der Waals surface area contributed by atoms with Crippen LogP contribution in [-0.4, -0.2) is 29.9 Å². The van der Waals surface area contributed by atoms with Crippen LogP contribution in [0.25, 0.3) is 0 Å². The first kappa shape index (κ1) is 15.9. The van der Waals surface area contributed by atoms with Gasteiger partial charge in [-0.1, -0.05) is 19.1 Å². The van der Waals surface area contributed by atoms with Crippen LogP contribution >= 0.6 is 0 Å². The SMILES string of the molecule is CCCNC(C)(CO)CC(C)Oc1ccccc1F. The molecular formula is C15H24FNO2. The molecule has 2 unspecified atom stereocenters. The summed E-state index contributed by atoms with van der Waals surface area (Å²) in [4.78, 5) is 0. The third-order valence-electron chi connectivity index (χ3n) is 3.05. The van der Waals surface area contributed by atoms with Crippen LogP contribution in [0.3, 0.4) is 0 Å². The summed E-state index contributed by atoms with van der Waals surface area (Å²) in [5, 5.41) is 12.8. The molecule has 0 aliphatic carbocycles. The fraction of sp³-hybridized carbons (Fsp3) is 0.600. The molecule has 0 bridgehead atoms. The van der Waals surface area contributed by atoms with Crippen LogP contribution in [-0.2, 0) is 0 Å². The fourth-order valence-electron chi connectivity index (χ4n) is 2.05. The van der Waals surface area contributed by atoms with E-state index in [1.807, 2.05) is 13.8 Å². The van der Waals surface area contributed by atoms with Crippen molar-refractivity contribution in [2.24, 2.45) is 0 Å². The summed E-state index contributed by atoms with van der Waals surface area (Å²) in [5.74, 6) is -0.104. The highest BCUT2D eigenvalue weighted by Gasteiger charge is 2.26. The molecule has 0 aliphatic heterocycles. The molecule has 1 rings (SSSR count). The van der Waals surface area contributed by atoms with Gasteiger partial charge in [-0.15, -0.1) is 0 Å². The molecule has 3 nitrogen and oxygen atoms in total. The minimum atomic E-state index is -0.402. The third kappa shape index (κ3) is 5.17. The van der Waals surface area contributed by atoms with Crippen molar-refractivity contribution in [3.05, 3.63) is 30.1 Å². The lowest BCUT2D eigenvalue weighted by Gasteiger charge is -2.31. The van der Waals surface area contributed by atoms with Gasteiger partial charge in [-0.25, -0.2) is 4.39 Å². The number of ether oxygens (including phenoxy) is 1. The zero-order valence-electron chi connectivity index (χ0n) is 11.9. The predicted molar refractivity (Wildman–Crippen MR) is 74.9 cm³/mol. The van der Waals surface area contributed by atoms with Gasteiger partial charge >= 0.3 is 0 Å². The number of halogens is 1. The molecule has 2 atom stereocenters. The van der Waals surface area contributed by atoms with Crippen molar-refractivity contribution in [1.82, 2.24) is 5.32 Å². The maximum atomic E-state index is 13.5. The predicted octanol–water partition coefficient (Wildman–Crippen LogP) is 2.73. The first-order chi connectivity index (χ1) is 9.00. The van der Waals surface area contributed by atoms with E-state index in [4.69, 9.17) is 4.74 Å². The first-order valence-electron chi connectivity index (χ1n) is 6.78. The van der Waals surface area contributed by atoms with Gasteiger partial charge in [0.05, 0.1) is 12.7 Å². The lowest BCUT2D eigenvalue weighted by molar-refractivity contribution is 0.107. The van der Waals surface area contributed by atoms with Gasteiger partial charge in [-0.05, 0) is 38.9 Å². The number of nitrogens with one attached hydrogen (secondary N) is 1. The summed E-state index contributed by atoms with van der Waals surface area (Å²) in [7, 11) is 0. The molecule has 0 saturated carbocycles. The topological polar surface area (TPSA) is 41.5 Å². The molecule has 1 aromatic rings. The van der Waals surface area contributed by atoms with Gasteiger partial charge in [0, 0.05) is 12.0 Å². The van der Waals surface area contributed by atoms with Crippen molar-refractivity contribution >= 4 is 0 Å². The molecule has 2 N–H and O–H groups in total. The van der Waals surface area contributed by atoms with Crippen molar-refractivity contribution in [2.45, 2.75) is 45.3 Å². The van der Waals surface area contributed by atoms with Crippen LogP contribution in [0.5, 0.6) is 5.75 Å². The Balaban J connectivity index is 2.58. The number of rotatable bonds is 8. The zero-order chi connectivity index (χ0) is 14.3. The number of aliphatic hydroxyl groups is 1. The van der Waals surface area contributed by atoms with E-state index < -0.39 is 5.54 Å². The van der Waals surface area contributed by atoms with Crippen LogP contribution < -0.4 is 10.1 Å². The monoisotopic (exact) mass is 269 g/mol. The molecule has 0 amide bonds. The maximum Gasteiger partial charge on any atom is 0.165 e. The van der Waals surface area contributed by atoms with E-state index in [2.05, 4.69) is 12.2 Å². The Labute approximate surface area is 114 Å². The fourth-order valence-corrected chi connectivity index (χ4v) is 2.05. The third-order valence-corrected chi connectivity index (χ3v) is 3.05. The molecule has 0 aromatic heterocycles. The van der Waals surface area contributed by atoms with Gasteiger partial charge in [0.2, 0.25) is 0 Å². The minimum absolute atomic E-state index is 0.0258. The summed E-state index contributed by atoms with van der Waals surface area (Å²) in [6, 6.07) is 6.36. The minimum Gasteiger partial charge on any atom is -0.488 e. The van der Waals surface area contributed by atoms with Crippen molar-refractivity contribution in [3.8, 4) is 5.75 Å². The second kappa shape index (κ2) is 7.46. The Bertz CT molecular complexity index is 386. The lowest BCUT2D eigenvalue weighted by Crippen LogP contribution is -2.48. The Morgan fingerprint density at radius 1 is 1.42 bits per heavy atom. The molecule has 4 heteroatoms. The highest BCUT2D eigenvalue weighted by molar-refractivity contribution is 5.23. The van der Waals surface area contributed by atoms with Crippen LogP contribution in [0, 0.1) is 5.82 Å². The molecule has 0 heterocycles. The second-order valence-corrected chi connectivity index (χ2v) is 5.21. The van der Waals surface area contributed by atoms with Gasteiger partial charge in [-0.2, -0.15) is 0 Å². The molecule has 0 aliphatic rings. The van der Waals surface area contributed by atoms with E-state index in [9.17, 15) is 9.50 Å². The van der Waals surface area contributed by atoms with E-state index in [0.717, 1.165) is 13.0 Å². The average molecular weight is 269 g/mol. The van der Waals surface area contributed by atoms with Gasteiger partial charge < -0.3 is 15.2 Å². The Morgan fingerprint density at radius 2 is 2.11 bits per heavy atom. The maximum absolute atomic E-state index is 13.5. The van der Waals surface area contributed by atoms with Gasteiger partial charge in [0.25, 0.3) is 0 Å². The molecular weight excluding hydrogens is 245 g/mol. The van der Waals surface area contributed by atoms with Crippen LogP contribution in [0.1, 0.15) is 33.6 Å². The normalized spacial score (nSPS) is 15.8. The second-order valence-electron chi connectivity index (χ2n) is 5.21. The summed E-state index contributed by atoms with van der Waals surface area (Å²) in [6.45, 7) is 6.77. The van der Waals surface area contributed by atoms with E-state index in [1.165, 1.54) is 6.07 Å². The Kier molecular flexibility index (Phi) is 6.25. The van der Waals surface area contributed by atoms with Crippen LogP contribution in [0.2, 0.25) is 0 Å². The largest absolute Gasteiger partial charge is 0.488 e. The van der Waals surface area contributed by atoms with Crippen LogP contribution in [0.15, 0.2) is 24.3 Å². The molecule has 0 saturated heterocycles. The Morgan fingerprint density at radius 3 is 2.68 bits per heavy atom. The summed E-state index contributed by atoms with van der Waals surface area (Å²) in [6.07, 6.45) is 1.43. The Hall–Kier alpha value is -1.13. The quantitative estimate of drug-likeness (QED) is 0.762. The number of aliphatic hydroxyl groups excluding tert-OH is 1. The number of hydrogen-bond donors (Lipinski definition) is 2. The van der Waals surface area contributed by atoms with Crippen molar-refractivity contribution in [2.75, 3.05) is 13.2 Å². The van der Waals surface area contributed by atoms with Crippen molar-refractivity contribution in [3.63, 3.8) is 0 Å². The van der Waals surface area contributed by atoms with Crippen molar-refractivity contribution < 1.29 is 14.2 Å². The number of para-hydroxylation sites is 1. The van der Waals surface area contributed by atoms with Gasteiger partial charge in [0.15, 0.2) is 11.6 Å². The molecule has 0 fully saturated rings. The molecule has 0 spiro atoms. The first-order valence-corrected chi connectivity index (χ1v) is 6.78. The van der Waals surface area contributed by atoms with Gasteiger partial charge in [-0.3, -0.25) is 0 Å². The summed E-state index contributed by atoms with van der Waals surface area (Å²) >= 11 is 0. The highest BCUT2D eigenvalue weighted by Crippen LogP contribution is 2.21. The van der Waals surface area contributed by atoms with E-state index >= 15 is 0 Å².